The first-order chi connectivity index (χ1) is 41.8. The van der Waals surface area contributed by atoms with Crippen molar-refractivity contribution in [2.75, 3.05) is 29.9 Å². The summed E-state index contributed by atoms with van der Waals surface area (Å²) in [6.07, 6.45) is 20.2. The minimum atomic E-state index is -0.356. The zero-order chi connectivity index (χ0) is 59.4. The highest BCUT2D eigenvalue weighted by Crippen LogP contribution is 2.55. The number of aryl methyl sites for hydroxylation is 1. The lowest BCUT2D eigenvalue weighted by Crippen LogP contribution is -2.34. The third kappa shape index (κ3) is 9.37. The maximum Gasteiger partial charge on any atom is 0.210 e. The lowest BCUT2D eigenvalue weighted by Gasteiger charge is -2.35. The summed E-state index contributed by atoms with van der Waals surface area (Å²) >= 11 is 0. The third-order valence-electron chi connectivity index (χ3n) is 20.5. The molecule has 4 atom stereocenters. The van der Waals surface area contributed by atoms with E-state index in [1.807, 2.05) is 0 Å². The molecule has 3 aliphatic heterocycles. The maximum atomic E-state index is 5.08. The second-order valence-electron chi connectivity index (χ2n) is 25.7. The number of nitrogens with zero attached hydrogens (tertiary/aromatic N) is 3. The zero-order valence-corrected chi connectivity index (χ0v) is 51.8. The van der Waals surface area contributed by atoms with E-state index in [0.717, 1.165) is 57.2 Å². The average Bonchev–Trinajstić information content (AvgIpc) is 1.64. The highest BCUT2D eigenvalue weighted by atomic mass is 15.2. The van der Waals surface area contributed by atoms with Crippen LogP contribution in [0.5, 0.6) is 0 Å². The van der Waals surface area contributed by atoms with Crippen LogP contribution in [-0.4, -0.2) is 30.4 Å². The van der Waals surface area contributed by atoms with Crippen LogP contribution in [0.25, 0.3) is 43.1 Å². The Morgan fingerprint density at radius 3 is 1.63 bits per heavy atom. The smallest absolute Gasteiger partial charge is 0.210 e. The first-order valence-corrected chi connectivity index (χ1v) is 31.6. The number of rotatable bonds is 17. The van der Waals surface area contributed by atoms with Gasteiger partial charge in [-0.1, -0.05) is 227 Å². The van der Waals surface area contributed by atoms with E-state index in [4.69, 9.17) is 6.58 Å². The van der Waals surface area contributed by atoms with Gasteiger partial charge in [0.15, 0.2) is 5.71 Å². The lowest BCUT2D eigenvalue weighted by molar-refractivity contribution is -0.433. The molecule has 86 heavy (non-hydrogen) atoms. The summed E-state index contributed by atoms with van der Waals surface area (Å²) in [7, 11) is 2.30. The van der Waals surface area contributed by atoms with Gasteiger partial charge in [0.1, 0.15) is 6.54 Å². The predicted octanol–water partition coefficient (Wildman–Crippen LogP) is 20.6. The molecule has 10 aromatic rings. The van der Waals surface area contributed by atoms with Crippen molar-refractivity contribution in [1.29, 1.82) is 0 Å². The molecule has 0 saturated heterocycles. The van der Waals surface area contributed by atoms with Crippen LogP contribution >= 0.6 is 0 Å². The second-order valence-corrected chi connectivity index (χ2v) is 25.7. The quantitative estimate of drug-likeness (QED) is 0.0511. The van der Waals surface area contributed by atoms with Crippen LogP contribution in [0.3, 0.4) is 0 Å². The molecule has 3 heterocycles. The van der Waals surface area contributed by atoms with Crippen molar-refractivity contribution in [3.8, 4) is 0 Å². The Labute approximate surface area is 511 Å². The molecule has 13 rings (SSSR count). The molecule has 428 valence electrons. The number of allylic oxidation sites excluding steroid dienone is 9. The van der Waals surface area contributed by atoms with Gasteiger partial charge in [0, 0.05) is 70.3 Å². The minimum absolute atomic E-state index is 0.256. The van der Waals surface area contributed by atoms with Crippen LogP contribution in [0.1, 0.15) is 106 Å². The SMILES string of the molecule is C=C(C=CC=C1N(CC)c2ccc3ccccc3c2C1(C)Cc1ccccc1)C(C)(CCCCC1(C)C(=CC=CC2=[N+](CC)c3ccc4ccccc4c3C2(C)Cc2ccccc2)N(C)c2ccc3ccccc3c21)c1c(C)ccc2ccccc12. The molecule has 0 amide bonds. The number of likely N-dealkylation sites (N-methyl/N-ethyl adjacent to an activating group) is 2. The summed E-state index contributed by atoms with van der Waals surface area (Å²) in [5, 5.41) is 10.5. The summed E-state index contributed by atoms with van der Waals surface area (Å²) in [5.74, 6) is 0. The van der Waals surface area contributed by atoms with E-state index in [2.05, 4.69) is 313 Å². The zero-order valence-electron chi connectivity index (χ0n) is 51.8. The van der Waals surface area contributed by atoms with Crippen LogP contribution in [0.15, 0.2) is 266 Å². The van der Waals surface area contributed by atoms with Crippen molar-refractivity contribution in [3.05, 3.63) is 305 Å². The van der Waals surface area contributed by atoms with Crippen LogP contribution < -0.4 is 9.80 Å². The average molecular weight is 1120 g/mol. The molecule has 10 aromatic carbocycles. The van der Waals surface area contributed by atoms with E-state index in [1.165, 1.54) is 116 Å². The molecule has 4 unspecified atom stereocenters. The van der Waals surface area contributed by atoms with Crippen LogP contribution in [-0.2, 0) is 34.5 Å². The Balaban J connectivity index is 0.854. The number of unbranched alkanes of at least 4 members (excludes halogenated alkanes) is 1. The van der Waals surface area contributed by atoms with Gasteiger partial charge >= 0.3 is 0 Å². The van der Waals surface area contributed by atoms with Gasteiger partial charge in [0.25, 0.3) is 0 Å². The molecule has 0 fully saturated rings. The van der Waals surface area contributed by atoms with Gasteiger partial charge in [-0.05, 0) is 180 Å². The van der Waals surface area contributed by atoms with Gasteiger partial charge in [0.05, 0.1) is 5.41 Å². The summed E-state index contributed by atoms with van der Waals surface area (Å²) in [6, 6.07) is 76.7. The fourth-order valence-electron chi connectivity index (χ4n) is 16.3. The number of anilines is 2. The molecule has 0 N–H and O–H groups in total. The fourth-order valence-corrected chi connectivity index (χ4v) is 16.3. The van der Waals surface area contributed by atoms with Crippen LogP contribution in [0, 0.1) is 6.92 Å². The lowest BCUT2D eigenvalue weighted by atomic mass is 9.68. The van der Waals surface area contributed by atoms with E-state index in [1.54, 1.807) is 0 Å². The van der Waals surface area contributed by atoms with E-state index in [9.17, 15) is 0 Å². The topological polar surface area (TPSA) is 9.49 Å². The van der Waals surface area contributed by atoms with Crippen molar-refractivity contribution < 1.29 is 4.58 Å². The molecule has 3 nitrogen and oxygen atoms in total. The van der Waals surface area contributed by atoms with E-state index in [-0.39, 0.29) is 21.7 Å². The van der Waals surface area contributed by atoms with Crippen molar-refractivity contribution >= 4 is 65.9 Å². The molecular weight excluding hydrogens is 1040 g/mol. The highest BCUT2D eigenvalue weighted by Gasteiger charge is 2.49. The predicted molar refractivity (Wildman–Crippen MR) is 369 cm³/mol. The van der Waals surface area contributed by atoms with Crippen LogP contribution in [0.2, 0.25) is 0 Å². The standard InChI is InChI=1S/C83H82N3/c1-10-85-71-52-49-64-37-20-24-41-68(64)78(71)82(7,56-60-31-14-12-15-32-60)74(85)44-28-30-59(4)80(5,76-58(3)46-47-62-35-18-22-39-66(62)76)54-26-27-55-81(6)73(84(9)70-51-48-63-36-19-23-40-67(63)77(70)81)43-29-45-75-83(8,57-61-33-16-13-17-34-61)79-69-42-25-21-38-65(69)50-53-72(79)86(75)11-2/h12-25,28-53H,4,10-11,26-27,54-57H2,1-3,5-9H3/q+1. The fraction of sp³-hybridized carbons (Fsp3) is 0.241. The Bertz CT molecular complexity index is 4440. The van der Waals surface area contributed by atoms with Crippen molar-refractivity contribution in [2.45, 2.75) is 109 Å². The van der Waals surface area contributed by atoms with E-state index in [0.29, 0.717) is 0 Å². The number of hydrogen-bond acceptors (Lipinski definition) is 2. The van der Waals surface area contributed by atoms with Crippen molar-refractivity contribution in [2.24, 2.45) is 0 Å². The van der Waals surface area contributed by atoms with E-state index < -0.39 is 0 Å². The van der Waals surface area contributed by atoms with Gasteiger partial charge < -0.3 is 9.80 Å². The van der Waals surface area contributed by atoms with Gasteiger partial charge in [-0.2, -0.15) is 4.58 Å². The number of hydrogen-bond donors (Lipinski definition) is 0. The van der Waals surface area contributed by atoms with Gasteiger partial charge in [-0.3, -0.25) is 0 Å². The maximum absolute atomic E-state index is 5.08. The first-order valence-electron chi connectivity index (χ1n) is 31.6. The molecule has 3 heteroatoms. The summed E-state index contributed by atoms with van der Waals surface area (Å²) in [4.78, 5) is 5.05. The van der Waals surface area contributed by atoms with E-state index >= 15 is 0 Å². The Morgan fingerprint density at radius 2 is 1.02 bits per heavy atom. The molecule has 0 bridgehead atoms. The second kappa shape index (κ2) is 22.6. The summed E-state index contributed by atoms with van der Waals surface area (Å²) < 4.78 is 2.58. The molecule has 0 aromatic heterocycles. The van der Waals surface area contributed by atoms with Crippen LogP contribution in [0.4, 0.5) is 17.1 Å². The summed E-state index contributed by atoms with van der Waals surface area (Å²) in [6.45, 7) is 23.7. The Morgan fingerprint density at radius 1 is 0.523 bits per heavy atom. The third-order valence-corrected chi connectivity index (χ3v) is 20.5. The number of fused-ring (bicyclic) bond motifs is 10. The highest BCUT2D eigenvalue weighted by molar-refractivity contribution is 6.08. The van der Waals surface area contributed by atoms with Crippen molar-refractivity contribution in [1.82, 2.24) is 0 Å². The molecule has 0 radical (unpaired) electrons. The molecule has 0 spiro atoms. The molecule has 3 aliphatic rings. The summed E-state index contributed by atoms with van der Waals surface area (Å²) in [5.41, 5.74) is 17.6. The Hall–Kier alpha value is -8.79. The Kier molecular flexibility index (Phi) is 14.8. The monoisotopic (exact) mass is 1120 g/mol. The van der Waals surface area contributed by atoms with Gasteiger partial charge in [-0.25, -0.2) is 0 Å². The van der Waals surface area contributed by atoms with Gasteiger partial charge in [0.2, 0.25) is 5.69 Å². The minimum Gasteiger partial charge on any atom is -0.347 e. The largest absolute Gasteiger partial charge is 0.347 e. The number of benzene rings is 10. The molecule has 0 aliphatic carbocycles. The normalized spacial score (nSPS) is 20.8. The molecule has 0 saturated carbocycles. The first kappa shape index (κ1) is 56.3. The van der Waals surface area contributed by atoms with Crippen molar-refractivity contribution in [3.63, 3.8) is 0 Å². The van der Waals surface area contributed by atoms with Gasteiger partial charge in [-0.15, -0.1) is 0 Å². The molecular formula is C83H82N3+.